The van der Waals surface area contributed by atoms with Gasteiger partial charge in [0.05, 0.1) is 22.0 Å². The normalized spacial score (nSPS) is 16.5. The summed E-state index contributed by atoms with van der Waals surface area (Å²) in [7, 11) is 0. The first-order valence-corrected chi connectivity index (χ1v) is 10.5. The van der Waals surface area contributed by atoms with E-state index in [-0.39, 0.29) is 40.8 Å². The second kappa shape index (κ2) is 8.93. The highest BCUT2D eigenvalue weighted by Gasteiger charge is 2.32. The number of likely N-dealkylation sites (tertiary alicyclic amines) is 1. The molecule has 2 N–H and O–H groups in total. The van der Waals surface area contributed by atoms with Gasteiger partial charge in [-0.1, -0.05) is 11.6 Å². The lowest BCUT2D eigenvalue weighted by Crippen LogP contribution is -2.41. The minimum atomic E-state index is -4.46. The van der Waals surface area contributed by atoms with Gasteiger partial charge in [-0.3, -0.25) is 14.4 Å². The number of anilines is 2. The van der Waals surface area contributed by atoms with Gasteiger partial charge in [0, 0.05) is 30.6 Å². The highest BCUT2D eigenvalue weighted by Crippen LogP contribution is 2.37. The molecular formula is C22H19ClF3N3O4. The number of amides is 3. The van der Waals surface area contributed by atoms with Crippen LogP contribution in [0, 0.1) is 5.92 Å². The van der Waals surface area contributed by atoms with E-state index in [9.17, 15) is 27.6 Å². The van der Waals surface area contributed by atoms with E-state index in [0.29, 0.717) is 43.1 Å². The van der Waals surface area contributed by atoms with Crippen LogP contribution in [0.3, 0.4) is 0 Å². The number of hydrogen-bond donors (Lipinski definition) is 2. The van der Waals surface area contributed by atoms with Gasteiger partial charge in [0.15, 0.2) is 6.61 Å². The molecule has 2 aromatic rings. The van der Waals surface area contributed by atoms with Crippen molar-refractivity contribution >= 4 is 40.7 Å². The summed E-state index contributed by atoms with van der Waals surface area (Å²) in [6.45, 7) is 0.462. The number of carbonyl (C=O) groups excluding carboxylic acids is 3. The average molecular weight is 482 g/mol. The Bertz CT molecular complexity index is 1100. The van der Waals surface area contributed by atoms with Crippen molar-refractivity contribution in [3.63, 3.8) is 0 Å². The largest absolute Gasteiger partial charge is 0.482 e. The Labute approximate surface area is 191 Å². The Morgan fingerprint density at radius 1 is 1.12 bits per heavy atom. The minimum absolute atomic E-state index is 0.132. The van der Waals surface area contributed by atoms with Crippen molar-refractivity contribution in [1.29, 1.82) is 0 Å². The third kappa shape index (κ3) is 5.05. The lowest BCUT2D eigenvalue weighted by Gasteiger charge is -2.31. The Hall–Kier alpha value is -3.27. The molecule has 7 nitrogen and oxygen atoms in total. The van der Waals surface area contributed by atoms with E-state index in [4.69, 9.17) is 16.3 Å². The maximum Gasteiger partial charge on any atom is 0.416 e. The Kier molecular flexibility index (Phi) is 6.20. The van der Waals surface area contributed by atoms with Crippen molar-refractivity contribution in [2.24, 2.45) is 5.92 Å². The highest BCUT2D eigenvalue weighted by molar-refractivity contribution is 6.34. The first kappa shape index (κ1) is 22.9. The molecule has 174 valence electrons. The zero-order valence-corrected chi connectivity index (χ0v) is 17.9. The molecule has 0 unspecified atom stereocenters. The molecule has 1 fully saturated rings. The molecule has 3 amide bonds. The van der Waals surface area contributed by atoms with Gasteiger partial charge in [0.25, 0.3) is 11.8 Å². The molecule has 4 rings (SSSR count). The van der Waals surface area contributed by atoms with E-state index in [1.807, 2.05) is 0 Å². The van der Waals surface area contributed by atoms with E-state index >= 15 is 0 Å². The third-order valence-electron chi connectivity index (χ3n) is 5.57. The van der Waals surface area contributed by atoms with Crippen LogP contribution in [0.2, 0.25) is 5.02 Å². The maximum absolute atomic E-state index is 12.7. The second-order valence-corrected chi connectivity index (χ2v) is 8.20. The van der Waals surface area contributed by atoms with Gasteiger partial charge in [-0.05, 0) is 43.2 Å². The summed E-state index contributed by atoms with van der Waals surface area (Å²) in [4.78, 5) is 38.3. The van der Waals surface area contributed by atoms with Crippen LogP contribution in [-0.4, -0.2) is 42.3 Å². The average Bonchev–Trinajstić information content (AvgIpc) is 2.79. The van der Waals surface area contributed by atoms with Crippen LogP contribution < -0.4 is 15.4 Å². The first-order chi connectivity index (χ1) is 15.6. The van der Waals surface area contributed by atoms with E-state index in [1.54, 1.807) is 0 Å². The number of rotatable bonds is 3. The van der Waals surface area contributed by atoms with Crippen LogP contribution in [0.5, 0.6) is 5.75 Å². The summed E-state index contributed by atoms with van der Waals surface area (Å²) in [5.74, 6) is -0.911. The monoisotopic (exact) mass is 481 g/mol. The number of carbonyl (C=O) groups is 3. The number of ether oxygens (including phenoxy) is 1. The number of halogens is 4. The second-order valence-electron chi connectivity index (χ2n) is 7.80. The Balaban J connectivity index is 1.35. The standard InChI is InChI=1S/C22H19ClF3N3O4/c23-15-9-17-18(33-11-19(30)27-17)10-16(15)28-20(31)12-5-7-29(8-6-12)21(32)13-1-3-14(4-2-13)22(24,25)26/h1-4,9-10,12H,5-8,11H2,(H,27,30)(H,28,31). The van der Waals surface area contributed by atoms with Crippen molar-refractivity contribution in [2.75, 3.05) is 30.3 Å². The third-order valence-corrected chi connectivity index (χ3v) is 5.88. The molecule has 0 radical (unpaired) electrons. The number of piperidine rings is 1. The molecule has 2 aromatic carbocycles. The van der Waals surface area contributed by atoms with E-state index < -0.39 is 11.7 Å². The predicted molar refractivity (Wildman–Crippen MR) is 114 cm³/mol. The molecule has 0 bridgehead atoms. The number of fused-ring (bicyclic) bond motifs is 1. The summed E-state index contributed by atoms with van der Waals surface area (Å²) < 4.78 is 43.5. The Morgan fingerprint density at radius 3 is 2.42 bits per heavy atom. The highest BCUT2D eigenvalue weighted by atomic mass is 35.5. The smallest absolute Gasteiger partial charge is 0.416 e. The van der Waals surface area contributed by atoms with Crippen molar-refractivity contribution in [2.45, 2.75) is 19.0 Å². The summed E-state index contributed by atoms with van der Waals surface area (Å²) in [5, 5.41) is 5.63. The predicted octanol–water partition coefficient (Wildman–Crippen LogP) is 4.18. The first-order valence-electron chi connectivity index (χ1n) is 10.2. The fraction of sp³-hybridized carbons (Fsp3) is 0.318. The van der Waals surface area contributed by atoms with Crippen LogP contribution in [0.15, 0.2) is 36.4 Å². The van der Waals surface area contributed by atoms with Gasteiger partial charge in [-0.15, -0.1) is 0 Å². The zero-order valence-electron chi connectivity index (χ0n) is 17.2. The van der Waals surface area contributed by atoms with Crippen LogP contribution >= 0.6 is 11.6 Å². The van der Waals surface area contributed by atoms with Gasteiger partial charge >= 0.3 is 6.18 Å². The Morgan fingerprint density at radius 2 is 1.79 bits per heavy atom. The molecule has 0 aliphatic carbocycles. The molecule has 0 saturated carbocycles. The molecule has 2 aliphatic rings. The molecule has 0 aromatic heterocycles. The number of alkyl halides is 3. The number of benzene rings is 2. The van der Waals surface area contributed by atoms with Crippen molar-refractivity contribution in [3.8, 4) is 5.75 Å². The number of nitrogens with one attached hydrogen (secondary N) is 2. The summed E-state index contributed by atoms with van der Waals surface area (Å²) >= 11 is 6.22. The molecule has 2 heterocycles. The van der Waals surface area contributed by atoms with E-state index in [1.165, 1.54) is 17.0 Å². The zero-order chi connectivity index (χ0) is 23.8. The van der Waals surface area contributed by atoms with Gasteiger partial charge in [0.1, 0.15) is 5.75 Å². The fourth-order valence-electron chi connectivity index (χ4n) is 3.76. The minimum Gasteiger partial charge on any atom is -0.482 e. The molecule has 33 heavy (non-hydrogen) atoms. The van der Waals surface area contributed by atoms with E-state index in [0.717, 1.165) is 24.3 Å². The van der Waals surface area contributed by atoms with Crippen LogP contribution in [0.1, 0.15) is 28.8 Å². The van der Waals surface area contributed by atoms with Crippen LogP contribution in [0.25, 0.3) is 0 Å². The van der Waals surface area contributed by atoms with Crippen molar-refractivity contribution in [1.82, 2.24) is 4.90 Å². The fourth-order valence-corrected chi connectivity index (χ4v) is 3.97. The molecule has 1 saturated heterocycles. The summed E-state index contributed by atoms with van der Waals surface area (Å²) in [6, 6.07) is 7.11. The lowest BCUT2D eigenvalue weighted by atomic mass is 9.95. The molecular weight excluding hydrogens is 463 g/mol. The number of hydrogen-bond acceptors (Lipinski definition) is 4. The van der Waals surface area contributed by atoms with Gasteiger partial charge in [-0.25, -0.2) is 0 Å². The molecule has 0 spiro atoms. The molecule has 11 heteroatoms. The molecule has 0 atom stereocenters. The summed E-state index contributed by atoms with van der Waals surface area (Å²) in [6.07, 6.45) is -3.67. The van der Waals surface area contributed by atoms with Crippen LogP contribution in [-0.2, 0) is 15.8 Å². The lowest BCUT2D eigenvalue weighted by molar-refractivity contribution is -0.137. The van der Waals surface area contributed by atoms with Gasteiger partial charge in [0.2, 0.25) is 5.91 Å². The van der Waals surface area contributed by atoms with Crippen molar-refractivity contribution < 1.29 is 32.3 Å². The van der Waals surface area contributed by atoms with Gasteiger partial charge < -0.3 is 20.3 Å². The molecule has 2 aliphatic heterocycles. The van der Waals surface area contributed by atoms with Gasteiger partial charge in [-0.2, -0.15) is 13.2 Å². The number of nitrogens with zero attached hydrogens (tertiary/aromatic N) is 1. The van der Waals surface area contributed by atoms with Crippen LogP contribution in [0.4, 0.5) is 24.5 Å². The quantitative estimate of drug-likeness (QED) is 0.688. The summed E-state index contributed by atoms with van der Waals surface area (Å²) in [5.41, 5.74) is 0.117. The van der Waals surface area contributed by atoms with Crippen molar-refractivity contribution in [3.05, 3.63) is 52.5 Å². The topological polar surface area (TPSA) is 87.7 Å². The maximum atomic E-state index is 12.7. The SMILES string of the molecule is O=C1COc2cc(NC(=O)C3CCN(C(=O)c4ccc(C(F)(F)F)cc4)CC3)c(Cl)cc2N1. The van der Waals surface area contributed by atoms with E-state index in [2.05, 4.69) is 10.6 Å².